The van der Waals surface area contributed by atoms with Gasteiger partial charge in [-0.2, -0.15) is 5.10 Å². The van der Waals surface area contributed by atoms with E-state index in [-0.39, 0.29) is 37.0 Å². The predicted octanol–water partition coefficient (Wildman–Crippen LogP) is 8.11. The first-order valence-electron chi connectivity index (χ1n) is 17.6. The van der Waals surface area contributed by atoms with Crippen molar-refractivity contribution in [3.63, 3.8) is 0 Å². The lowest BCUT2D eigenvalue weighted by molar-refractivity contribution is 0.0287. The SMILES string of the molecule is Cc1c(-c2c(C(C)C)c3cc(C4CCN(C(=O)OCc5ccccc5)CC4)ccc3n2C(=O)CN(C)C(=O)OC(C)(C)C)cn2ncnc2c1C. The number of likely N-dealkylation sites (tertiary alicyclic amines) is 1. The Balaban J connectivity index is 1.36. The van der Waals surface area contributed by atoms with Crippen molar-refractivity contribution in [2.75, 3.05) is 26.7 Å². The van der Waals surface area contributed by atoms with Crippen molar-refractivity contribution < 1.29 is 23.9 Å². The number of hydrogen-bond acceptors (Lipinski definition) is 7. The summed E-state index contributed by atoms with van der Waals surface area (Å²) in [5.41, 5.74) is 7.66. The lowest BCUT2D eigenvalue weighted by Gasteiger charge is -2.31. The fourth-order valence-corrected chi connectivity index (χ4v) is 7.02. The molecule has 6 rings (SSSR count). The van der Waals surface area contributed by atoms with Gasteiger partial charge in [-0.3, -0.25) is 9.36 Å². The summed E-state index contributed by atoms with van der Waals surface area (Å²) in [6, 6.07) is 16.1. The van der Waals surface area contributed by atoms with Crippen LogP contribution in [0.4, 0.5) is 9.59 Å². The van der Waals surface area contributed by atoms with Gasteiger partial charge in [0.2, 0.25) is 0 Å². The molecule has 1 fully saturated rings. The standard InChI is InChI=1S/C40H48N6O5/c1-25(2)35-31-20-30(29-16-18-44(19-17-29)39(49)50-23-28-12-10-9-11-13-28)14-15-33(31)46(34(47)22-43(8)38(48)51-40(5,6)7)36(35)32-21-45-37(41-24-42-45)27(4)26(32)3/h9-15,20-21,24-25,29H,16-19,22-23H2,1-8H3. The number of aryl methyl sites for hydroxylation is 1. The monoisotopic (exact) mass is 692 g/mol. The third kappa shape index (κ3) is 7.34. The van der Waals surface area contributed by atoms with Gasteiger partial charge in [0.1, 0.15) is 25.1 Å². The summed E-state index contributed by atoms with van der Waals surface area (Å²) in [5, 5.41) is 5.43. The number of benzene rings is 2. The molecule has 11 nitrogen and oxygen atoms in total. The van der Waals surface area contributed by atoms with Crippen molar-refractivity contribution in [2.45, 2.75) is 85.4 Å². The Morgan fingerprint density at radius 1 is 1.00 bits per heavy atom. The highest BCUT2D eigenvalue weighted by molar-refractivity contribution is 6.03. The summed E-state index contributed by atoms with van der Waals surface area (Å²) in [6.07, 6.45) is 4.23. The Kier molecular flexibility index (Phi) is 9.92. The molecule has 3 aromatic heterocycles. The van der Waals surface area contributed by atoms with Crippen LogP contribution < -0.4 is 0 Å². The molecule has 1 saturated heterocycles. The first-order valence-corrected chi connectivity index (χ1v) is 17.6. The summed E-state index contributed by atoms with van der Waals surface area (Å²) in [7, 11) is 1.58. The molecule has 0 atom stereocenters. The number of carbonyl (C=O) groups is 3. The minimum Gasteiger partial charge on any atom is -0.445 e. The minimum atomic E-state index is -0.693. The van der Waals surface area contributed by atoms with E-state index in [1.165, 1.54) is 16.8 Å². The molecular formula is C40H48N6O5. The maximum absolute atomic E-state index is 14.4. The number of amides is 2. The van der Waals surface area contributed by atoms with Gasteiger partial charge in [-0.15, -0.1) is 0 Å². The number of likely N-dealkylation sites (N-methyl/N-ethyl adjacent to an activating group) is 1. The Morgan fingerprint density at radius 2 is 1.71 bits per heavy atom. The number of carbonyl (C=O) groups excluding carboxylic acids is 3. The average Bonchev–Trinajstić information content (AvgIpc) is 3.71. The second-order valence-corrected chi connectivity index (χ2v) is 14.9. The Labute approximate surface area is 299 Å². The van der Waals surface area contributed by atoms with E-state index >= 15 is 0 Å². The molecule has 268 valence electrons. The van der Waals surface area contributed by atoms with E-state index in [2.05, 4.69) is 36.1 Å². The number of rotatable bonds is 7. The van der Waals surface area contributed by atoms with E-state index < -0.39 is 11.7 Å². The molecule has 0 unspecified atom stereocenters. The maximum Gasteiger partial charge on any atom is 0.410 e. The van der Waals surface area contributed by atoms with Gasteiger partial charge >= 0.3 is 12.2 Å². The molecular weight excluding hydrogens is 644 g/mol. The first kappa shape index (κ1) is 35.6. The lowest BCUT2D eigenvalue weighted by atomic mass is 9.87. The zero-order chi connectivity index (χ0) is 36.6. The van der Waals surface area contributed by atoms with Gasteiger partial charge < -0.3 is 19.3 Å². The van der Waals surface area contributed by atoms with Crippen molar-refractivity contribution in [2.24, 2.45) is 0 Å². The van der Waals surface area contributed by atoms with Gasteiger partial charge in [0.15, 0.2) is 5.65 Å². The van der Waals surface area contributed by atoms with Crippen LogP contribution in [-0.4, -0.2) is 79.3 Å². The van der Waals surface area contributed by atoms with E-state index in [1.54, 1.807) is 41.8 Å². The summed E-state index contributed by atoms with van der Waals surface area (Å²) < 4.78 is 14.7. The molecule has 0 aliphatic carbocycles. The van der Waals surface area contributed by atoms with Gasteiger partial charge in [-0.05, 0) is 99.2 Å². The highest BCUT2D eigenvalue weighted by atomic mass is 16.6. The van der Waals surface area contributed by atoms with Crippen LogP contribution in [0.1, 0.15) is 91.9 Å². The van der Waals surface area contributed by atoms with Crippen LogP contribution in [0.25, 0.3) is 27.8 Å². The van der Waals surface area contributed by atoms with Gasteiger partial charge in [-0.1, -0.05) is 50.2 Å². The highest BCUT2D eigenvalue weighted by Crippen LogP contribution is 2.42. The number of hydrogen-bond donors (Lipinski definition) is 0. The van der Waals surface area contributed by atoms with Crippen LogP contribution in [0.15, 0.2) is 61.1 Å². The fourth-order valence-electron chi connectivity index (χ4n) is 7.02. The molecule has 1 aliphatic heterocycles. The third-order valence-corrected chi connectivity index (χ3v) is 9.75. The highest BCUT2D eigenvalue weighted by Gasteiger charge is 2.31. The smallest absolute Gasteiger partial charge is 0.410 e. The van der Waals surface area contributed by atoms with Crippen molar-refractivity contribution >= 4 is 34.6 Å². The second kappa shape index (κ2) is 14.2. The number of fused-ring (bicyclic) bond motifs is 2. The summed E-state index contributed by atoms with van der Waals surface area (Å²) in [5.74, 6) is 0.0488. The summed E-state index contributed by atoms with van der Waals surface area (Å²) >= 11 is 0. The Morgan fingerprint density at radius 3 is 2.37 bits per heavy atom. The normalized spacial score (nSPS) is 14.0. The van der Waals surface area contributed by atoms with Crippen LogP contribution >= 0.6 is 0 Å². The van der Waals surface area contributed by atoms with E-state index in [9.17, 15) is 14.4 Å². The number of ether oxygens (including phenoxy) is 2. The van der Waals surface area contributed by atoms with Crippen molar-refractivity contribution in [3.05, 3.63) is 88.9 Å². The first-order chi connectivity index (χ1) is 24.2. The molecule has 2 amide bonds. The molecule has 0 saturated carbocycles. The number of aromatic nitrogens is 4. The lowest BCUT2D eigenvalue weighted by Crippen LogP contribution is -2.38. The van der Waals surface area contributed by atoms with E-state index in [1.807, 2.05) is 56.4 Å². The Bertz CT molecular complexity index is 2080. The molecule has 51 heavy (non-hydrogen) atoms. The molecule has 0 bridgehead atoms. The molecule has 11 heteroatoms. The van der Waals surface area contributed by atoms with Crippen LogP contribution in [0, 0.1) is 13.8 Å². The van der Waals surface area contributed by atoms with Crippen molar-refractivity contribution in [1.82, 2.24) is 29.0 Å². The van der Waals surface area contributed by atoms with Gasteiger partial charge in [0.25, 0.3) is 5.91 Å². The molecule has 2 aromatic carbocycles. The Hall–Kier alpha value is -5.19. The molecule has 4 heterocycles. The largest absolute Gasteiger partial charge is 0.445 e. The summed E-state index contributed by atoms with van der Waals surface area (Å²) in [6.45, 7) is 15.0. The van der Waals surface area contributed by atoms with Crippen molar-refractivity contribution in [3.8, 4) is 11.3 Å². The van der Waals surface area contributed by atoms with Gasteiger partial charge in [-0.25, -0.2) is 19.1 Å². The maximum atomic E-state index is 14.4. The quantitative estimate of drug-likeness (QED) is 0.169. The van der Waals surface area contributed by atoms with Crippen LogP contribution in [0.2, 0.25) is 0 Å². The van der Waals surface area contributed by atoms with E-state index in [0.717, 1.165) is 62.9 Å². The zero-order valence-electron chi connectivity index (χ0n) is 30.9. The second-order valence-electron chi connectivity index (χ2n) is 14.9. The molecule has 0 N–H and O–H groups in total. The van der Waals surface area contributed by atoms with E-state index in [0.29, 0.717) is 13.1 Å². The average molecular weight is 693 g/mol. The molecule has 1 aliphatic rings. The molecule has 5 aromatic rings. The third-order valence-electron chi connectivity index (χ3n) is 9.75. The molecule has 0 radical (unpaired) electrons. The van der Waals surface area contributed by atoms with Crippen LogP contribution in [-0.2, 0) is 16.1 Å². The minimum absolute atomic E-state index is 0.0581. The number of nitrogens with zero attached hydrogens (tertiary/aromatic N) is 6. The van der Waals surface area contributed by atoms with Crippen molar-refractivity contribution in [1.29, 1.82) is 0 Å². The zero-order valence-corrected chi connectivity index (χ0v) is 30.9. The topological polar surface area (TPSA) is 111 Å². The fraction of sp³-hybridized carbons (Fsp3) is 0.425. The number of piperidine rings is 1. The van der Waals surface area contributed by atoms with E-state index in [4.69, 9.17) is 9.47 Å². The van der Waals surface area contributed by atoms with Crippen LogP contribution in [0.5, 0.6) is 0 Å². The summed E-state index contributed by atoms with van der Waals surface area (Å²) in [4.78, 5) is 47.8. The predicted molar refractivity (Wildman–Crippen MR) is 197 cm³/mol. The van der Waals surface area contributed by atoms with Crippen LogP contribution in [0.3, 0.4) is 0 Å². The van der Waals surface area contributed by atoms with Gasteiger partial charge in [0.05, 0.1) is 11.2 Å². The number of pyridine rings is 1. The molecule has 0 spiro atoms. The van der Waals surface area contributed by atoms with Gasteiger partial charge in [0, 0.05) is 37.3 Å².